The molecule has 0 bridgehead atoms. The Bertz CT molecular complexity index is 1160. The number of pyridine rings is 1. The third-order valence-electron chi connectivity index (χ3n) is 5.73. The predicted octanol–water partition coefficient (Wildman–Crippen LogP) is 4.23. The zero-order valence-electron chi connectivity index (χ0n) is 17.1. The van der Waals surface area contributed by atoms with Gasteiger partial charge in [0, 0.05) is 35.8 Å². The van der Waals surface area contributed by atoms with Crippen LogP contribution < -0.4 is 5.32 Å². The quantitative estimate of drug-likeness (QED) is 0.570. The summed E-state index contributed by atoms with van der Waals surface area (Å²) in [7, 11) is 0. The fourth-order valence-corrected chi connectivity index (χ4v) is 4.25. The molecule has 1 N–H and O–H groups in total. The fourth-order valence-electron chi connectivity index (χ4n) is 4.25. The van der Waals surface area contributed by atoms with Gasteiger partial charge in [-0.3, -0.25) is 4.40 Å². The Hall–Kier alpha value is -2.99. The molecule has 29 heavy (non-hydrogen) atoms. The molecule has 1 unspecified atom stereocenters. The van der Waals surface area contributed by atoms with Crippen LogP contribution in [0.25, 0.3) is 28.2 Å². The van der Waals surface area contributed by atoms with E-state index in [0.29, 0.717) is 12.0 Å². The summed E-state index contributed by atoms with van der Waals surface area (Å²) in [4.78, 5) is 4.87. The normalized spacial score (nSPS) is 16.9. The van der Waals surface area contributed by atoms with E-state index < -0.39 is 0 Å². The Balaban J connectivity index is 1.73. The molecule has 1 atom stereocenters. The molecule has 4 heterocycles. The van der Waals surface area contributed by atoms with Crippen molar-refractivity contribution < 1.29 is 0 Å². The van der Waals surface area contributed by atoms with Crippen LogP contribution >= 0.6 is 0 Å². The lowest BCUT2D eigenvalue weighted by molar-refractivity contribution is 0.551. The second kappa shape index (κ2) is 7.12. The van der Waals surface area contributed by atoms with E-state index in [1.807, 2.05) is 6.33 Å². The van der Waals surface area contributed by atoms with Gasteiger partial charge in [-0.2, -0.15) is 0 Å². The molecule has 4 aromatic rings. The summed E-state index contributed by atoms with van der Waals surface area (Å²) in [5.41, 5.74) is 6.59. The molecule has 1 fully saturated rings. The Morgan fingerprint density at radius 2 is 2.00 bits per heavy atom. The summed E-state index contributed by atoms with van der Waals surface area (Å²) in [5, 5.41) is 12.2. The number of hydrogen-bond donors (Lipinski definition) is 1. The van der Waals surface area contributed by atoms with Gasteiger partial charge in [0.2, 0.25) is 0 Å². The summed E-state index contributed by atoms with van der Waals surface area (Å²) < 4.78 is 4.46. The van der Waals surface area contributed by atoms with E-state index in [2.05, 4.69) is 87.8 Å². The van der Waals surface area contributed by atoms with Crippen molar-refractivity contribution in [3.63, 3.8) is 0 Å². The molecule has 3 aromatic heterocycles. The van der Waals surface area contributed by atoms with Crippen molar-refractivity contribution in [3.05, 3.63) is 60.3 Å². The molecular weight excluding hydrogens is 360 g/mol. The second-order valence-corrected chi connectivity index (χ2v) is 8.22. The van der Waals surface area contributed by atoms with Crippen molar-refractivity contribution in [3.8, 4) is 22.5 Å². The molecule has 1 aliphatic heterocycles. The molecule has 5 rings (SSSR count). The van der Waals surface area contributed by atoms with E-state index in [-0.39, 0.29) is 0 Å². The Morgan fingerprint density at radius 1 is 1.10 bits per heavy atom. The van der Waals surface area contributed by atoms with Crippen molar-refractivity contribution in [1.29, 1.82) is 0 Å². The maximum Gasteiger partial charge on any atom is 0.160 e. The highest BCUT2D eigenvalue weighted by Gasteiger charge is 2.24. The average Bonchev–Trinajstić information content (AvgIpc) is 3.45. The van der Waals surface area contributed by atoms with Gasteiger partial charge in [-0.25, -0.2) is 4.98 Å². The van der Waals surface area contributed by atoms with Crippen molar-refractivity contribution in [1.82, 2.24) is 29.5 Å². The topological polar surface area (TPSA) is 60.0 Å². The molecule has 148 valence electrons. The number of imidazole rings is 1. The highest BCUT2D eigenvalue weighted by atomic mass is 15.2. The molecule has 1 aromatic carbocycles. The van der Waals surface area contributed by atoms with E-state index in [1.165, 1.54) is 5.56 Å². The number of nitrogens with zero attached hydrogens (tertiary/aromatic N) is 5. The number of fused-ring (bicyclic) bond motifs is 1. The van der Waals surface area contributed by atoms with E-state index in [4.69, 9.17) is 4.98 Å². The summed E-state index contributed by atoms with van der Waals surface area (Å²) in [6, 6.07) is 13.2. The van der Waals surface area contributed by atoms with Crippen LogP contribution in [0.4, 0.5) is 0 Å². The highest BCUT2D eigenvalue weighted by Crippen LogP contribution is 2.35. The number of aromatic nitrogens is 5. The van der Waals surface area contributed by atoms with Gasteiger partial charge in [0.05, 0.1) is 17.7 Å². The molecule has 1 saturated heterocycles. The van der Waals surface area contributed by atoms with Gasteiger partial charge >= 0.3 is 0 Å². The van der Waals surface area contributed by atoms with Crippen LogP contribution in [0.15, 0.2) is 48.9 Å². The minimum atomic E-state index is 0.306. The third-order valence-corrected chi connectivity index (χ3v) is 5.73. The molecule has 0 saturated carbocycles. The van der Waals surface area contributed by atoms with Crippen molar-refractivity contribution in [2.45, 2.75) is 39.2 Å². The molecule has 6 heteroatoms. The SMILES string of the molecule is Cc1cccc(-c2ncn(C3CCNC3)c2-c2ccc3nnc(C(C)C)n3c2)c1. The van der Waals surface area contributed by atoms with Gasteiger partial charge in [0.25, 0.3) is 0 Å². The van der Waals surface area contributed by atoms with Crippen LogP contribution in [-0.4, -0.2) is 37.2 Å². The Kier molecular flexibility index (Phi) is 4.43. The number of nitrogens with one attached hydrogen (secondary N) is 1. The zero-order valence-corrected chi connectivity index (χ0v) is 17.1. The Morgan fingerprint density at radius 3 is 2.76 bits per heavy atom. The average molecular weight is 387 g/mol. The third kappa shape index (κ3) is 3.13. The van der Waals surface area contributed by atoms with Crippen LogP contribution in [0, 0.1) is 6.92 Å². The molecule has 0 amide bonds. The number of hydrogen-bond acceptors (Lipinski definition) is 4. The first kappa shape index (κ1) is 18.1. The molecule has 0 spiro atoms. The van der Waals surface area contributed by atoms with Gasteiger partial charge < -0.3 is 9.88 Å². The lowest BCUT2D eigenvalue weighted by atomic mass is 10.0. The monoisotopic (exact) mass is 386 g/mol. The van der Waals surface area contributed by atoms with Crippen LogP contribution in [0.5, 0.6) is 0 Å². The summed E-state index contributed by atoms with van der Waals surface area (Å²) in [5.74, 6) is 1.29. The van der Waals surface area contributed by atoms with Crippen LogP contribution in [0.3, 0.4) is 0 Å². The van der Waals surface area contributed by atoms with Gasteiger partial charge in [0.15, 0.2) is 5.65 Å². The van der Waals surface area contributed by atoms with Crippen LogP contribution in [0.2, 0.25) is 0 Å². The smallest absolute Gasteiger partial charge is 0.160 e. The number of aryl methyl sites for hydroxylation is 1. The van der Waals surface area contributed by atoms with Crippen molar-refractivity contribution in [2.75, 3.05) is 13.1 Å². The summed E-state index contributed by atoms with van der Waals surface area (Å²) in [6.07, 6.45) is 5.28. The minimum absolute atomic E-state index is 0.306. The minimum Gasteiger partial charge on any atom is -0.326 e. The largest absolute Gasteiger partial charge is 0.326 e. The fraction of sp³-hybridized carbons (Fsp3) is 0.348. The molecular formula is C23H26N6. The van der Waals surface area contributed by atoms with Crippen LogP contribution in [0.1, 0.15) is 43.6 Å². The molecule has 1 aliphatic rings. The van der Waals surface area contributed by atoms with Crippen molar-refractivity contribution >= 4 is 5.65 Å². The highest BCUT2D eigenvalue weighted by molar-refractivity contribution is 5.79. The summed E-state index contributed by atoms with van der Waals surface area (Å²) >= 11 is 0. The second-order valence-electron chi connectivity index (χ2n) is 8.22. The first-order valence-corrected chi connectivity index (χ1v) is 10.3. The maximum atomic E-state index is 4.87. The Labute approximate surface area is 170 Å². The van der Waals surface area contributed by atoms with Crippen LogP contribution in [-0.2, 0) is 0 Å². The molecule has 0 radical (unpaired) electrons. The zero-order chi connectivity index (χ0) is 20.0. The van der Waals surface area contributed by atoms with E-state index in [0.717, 1.165) is 53.5 Å². The number of rotatable bonds is 4. The lowest BCUT2D eigenvalue weighted by Crippen LogP contribution is -2.13. The summed E-state index contributed by atoms with van der Waals surface area (Å²) in [6.45, 7) is 8.44. The maximum absolute atomic E-state index is 4.87. The standard InChI is InChI=1S/C23H26N6/c1-15(2)23-27-26-20-8-7-18(13-28(20)23)22-21(17-6-4-5-16(3)11-17)25-14-29(22)19-9-10-24-12-19/h4-8,11,13-15,19,24H,9-10,12H2,1-3H3. The van der Waals surface area contributed by atoms with Gasteiger partial charge in [-0.15, -0.1) is 10.2 Å². The van der Waals surface area contributed by atoms with Gasteiger partial charge in [-0.1, -0.05) is 37.6 Å². The van der Waals surface area contributed by atoms with E-state index in [1.54, 1.807) is 0 Å². The molecule has 6 nitrogen and oxygen atoms in total. The van der Waals surface area contributed by atoms with E-state index in [9.17, 15) is 0 Å². The van der Waals surface area contributed by atoms with E-state index >= 15 is 0 Å². The first-order chi connectivity index (χ1) is 14.1. The number of benzene rings is 1. The lowest BCUT2D eigenvalue weighted by Gasteiger charge is -2.16. The van der Waals surface area contributed by atoms with Crippen molar-refractivity contribution in [2.24, 2.45) is 0 Å². The first-order valence-electron chi connectivity index (χ1n) is 10.3. The van der Waals surface area contributed by atoms with Gasteiger partial charge in [0.1, 0.15) is 5.82 Å². The van der Waals surface area contributed by atoms with Gasteiger partial charge in [-0.05, 0) is 38.1 Å². The predicted molar refractivity (Wildman–Crippen MR) is 115 cm³/mol. The molecule has 0 aliphatic carbocycles.